The predicted octanol–water partition coefficient (Wildman–Crippen LogP) is 1.99. The van der Waals surface area contributed by atoms with Gasteiger partial charge in [-0.1, -0.05) is 36.4 Å². The first kappa shape index (κ1) is 13.3. The van der Waals surface area contributed by atoms with Gasteiger partial charge in [0, 0.05) is 31.4 Å². The number of carbonyl (C=O) groups is 1. The molecule has 2 bridgehead atoms. The number of likely N-dealkylation sites (tertiary alicyclic amines) is 1. The van der Waals surface area contributed by atoms with Gasteiger partial charge in [0.1, 0.15) is 0 Å². The molecule has 1 saturated heterocycles. The van der Waals surface area contributed by atoms with E-state index in [4.69, 9.17) is 0 Å². The third-order valence-electron chi connectivity index (χ3n) is 4.75. The van der Waals surface area contributed by atoms with Crippen LogP contribution in [-0.4, -0.2) is 21.9 Å². The van der Waals surface area contributed by atoms with E-state index in [0.717, 1.165) is 30.8 Å². The summed E-state index contributed by atoms with van der Waals surface area (Å²) in [6, 6.07) is 15.4. The lowest BCUT2D eigenvalue weighted by Gasteiger charge is -2.42. The predicted molar refractivity (Wildman–Crippen MR) is 83.4 cm³/mol. The van der Waals surface area contributed by atoms with Gasteiger partial charge in [0.2, 0.25) is 5.91 Å². The van der Waals surface area contributed by atoms with E-state index in [0.29, 0.717) is 12.5 Å². The van der Waals surface area contributed by atoms with Crippen molar-refractivity contribution in [3.8, 4) is 0 Å². The van der Waals surface area contributed by atoms with E-state index in [1.54, 1.807) is 16.7 Å². The molecule has 0 saturated carbocycles. The number of pyridine rings is 1. The summed E-state index contributed by atoms with van der Waals surface area (Å²) in [5, 5.41) is 0. The second kappa shape index (κ2) is 5.13. The van der Waals surface area contributed by atoms with E-state index in [2.05, 4.69) is 12.1 Å². The van der Waals surface area contributed by atoms with Gasteiger partial charge >= 0.3 is 0 Å². The lowest BCUT2D eigenvalue weighted by Crippen LogP contribution is -2.50. The van der Waals surface area contributed by atoms with Crippen molar-refractivity contribution in [1.29, 1.82) is 0 Å². The zero-order valence-electron chi connectivity index (χ0n) is 12.3. The normalized spacial score (nSPS) is 23.3. The fraction of sp³-hybridized carbons (Fsp3) is 0.333. The summed E-state index contributed by atoms with van der Waals surface area (Å²) in [4.78, 5) is 26.8. The van der Waals surface area contributed by atoms with Crippen LogP contribution in [0.5, 0.6) is 0 Å². The Balaban J connectivity index is 1.66. The zero-order valence-corrected chi connectivity index (χ0v) is 12.3. The van der Waals surface area contributed by atoms with Crippen LogP contribution in [0.2, 0.25) is 0 Å². The van der Waals surface area contributed by atoms with Gasteiger partial charge in [-0.2, -0.15) is 0 Å². The molecule has 22 heavy (non-hydrogen) atoms. The molecular formula is C18H18N2O2. The molecule has 2 aliphatic rings. The quantitative estimate of drug-likeness (QED) is 0.850. The van der Waals surface area contributed by atoms with E-state index in [1.165, 1.54) is 0 Å². The molecule has 0 unspecified atom stereocenters. The molecule has 0 spiro atoms. The number of piperidine rings is 1. The van der Waals surface area contributed by atoms with Crippen LogP contribution in [0.3, 0.4) is 0 Å². The first-order valence-corrected chi connectivity index (χ1v) is 7.75. The summed E-state index contributed by atoms with van der Waals surface area (Å²) in [5.74, 6) is 0.364. The Labute approximate surface area is 129 Å². The van der Waals surface area contributed by atoms with Gasteiger partial charge in [-0.25, -0.2) is 0 Å². The zero-order chi connectivity index (χ0) is 15.1. The number of hydrogen-bond acceptors (Lipinski definition) is 2. The third-order valence-corrected chi connectivity index (χ3v) is 4.75. The number of fused-ring (bicyclic) bond motifs is 4. The number of benzene rings is 1. The number of aromatic nitrogens is 1. The van der Waals surface area contributed by atoms with Crippen LogP contribution in [0.25, 0.3) is 0 Å². The largest absolute Gasteiger partial charge is 0.337 e. The van der Waals surface area contributed by atoms with Gasteiger partial charge in [0.15, 0.2) is 0 Å². The fourth-order valence-electron chi connectivity index (χ4n) is 3.75. The summed E-state index contributed by atoms with van der Waals surface area (Å²) in [6.07, 6.45) is 0.869. The Morgan fingerprint density at radius 1 is 0.955 bits per heavy atom. The maximum absolute atomic E-state index is 12.8. The molecule has 1 aromatic carbocycles. The van der Waals surface area contributed by atoms with Crippen molar-refractivity contribution in [2.75, 3.05) is 6.54 Å². The van der Waals surface area contributed by atoms with Crippen LogP contribution < -0.4 is 5.56 Å². The molecule has 3 heterocycles. The van der Waals surface area contributed by atoms with Crippen LogP contribution in [0.1, 0.15) is 23.6 Å². The van der Waals surface area contributed by atoms with Crippen LogP contribution in [0, 0.1) is 5.92 Å². The maximum atomic E-state index is 12.8. The van der Waals surface area contributed by atoms with Crippen molar-refractivity contribution in [1.82, 2.24) is 9.47 Å². The molecule has 1 amide bonds. The first-order valence-electron chi connectivity index (χ1n) is 7.75. The third kappa shape index (κ3) is 2.15. The summed E-state index contributed by atoms with van der Waals surface area (Å²) in [6.45, 7) is 2.12. The van der Waals surface area contributed by atoms with Crippen molar-refractivity contribution in [3.05, 3.63) is 70.1 Å². The summed E-state index contributed by atoms with van der Waals surface area (Å²) < 4.78 is 1.79. The summed E-state index contributed by atoms with van der Waals surface area (Å²) in [7, 11) is 0. The summed E-state index contributed by atoms with van der Waals surface area (Å²) in [5.41, 5.74) is 2.05. The molecule has 1 aromatic heterocycles. The number of hydrogen-bond donors (Lipinski definition) is 0. The van der Waals surface area contributed by atoms with E-state index in [-0.39, 0.29) is 17.4 Å². The fourth-order valence-corrected chi connectivity index (χ4v) is 3.75. The minimum absolute atomic E-state index is 0.0107. The minimum atomic E-state index is -0.162. The highest BCUT2D eigenvalue weighted by atomic mass is 16.2. The Bertz CT molecular complexity index is 766. The van der Waals surface area contributed by atoms with Gasteiger partial charge in [0.05, 0.1) is 5.92 Å². The van der Waals surface area contributed by atoms with Crippen LogP contribution in [0.15, 0.2) is 53.3 Å². The second-order valence-electron chi connectivity index (χ2n) is 6.26. The average Bonchev–Trinajstić information content (AvgIpc) is 2.54. The molecule has 2 aliphatic heterocycles. The van der Waals surface area contributed by atoms with Crippen LogP contribution >= 0.6 is 0 Å². The topological polar surface area (TPSA) is 42.3 Å². The average molecular weight is 294 g/mol. The Kier molecular flexibility index (Phi) is 3.10. The Morgan fingerprint density at radius 2 is 1.77 bits per heavy atom. The Hall–Kier alpha value is -2.36. The smallest absolute Gasteiger partial charge is 0.250 e. The van der Waals surface area contributed by atoms with Gasteiger partial charge in [0.25, 0.3) is 5.56 Å². The van der Waals surface area contributed by atoms with E-state index < -0.39 is 0 Å². The van der Waals surface area contributed by atoms with Gasteiger partial charge in [-0.05, 0) is 24.0 Å². The van der Waals surface area contributed by atoms with Crippen molar-refractivity contribution < 1.29 is 4.79 Å². The first-order chi connectivity index (χ1) is 10.7. The highest BCUT2D eigenvalue weighted by molar-refractivity contribution is 5.84. The molecule has 0 N–H and O–H groups in total. The maximum Gasteiger partial charge on any atom is 0.250 e. The number of amides is 1. The molecule has 0 radical (unpaired) electrons. The lowest BCUT2D eigenvalue weighted by atomic mass is 9.82. The molecule has 4 heteroatoms. The molecule has 1 fully saturated rings. The monoisotopic (exact) mass is 294 g/mol. The molecular weight excluding hydrogens is 276 g/mol. The van der Waals surface area contributed by atoms with E-state index in [1.807, 2.05) is 29.2 Å². The van der Waals surface area contributed by atoms with Crippen molar-refractivity contribution in [2.45, 2.75) is 25.4 Å². The molecule has 2 aromatic rings. The Morgan fingerprint density at radius 3 is 2.59 bits per heavy atom. The van der Waals surface area contributed by atoms with Gasteiger partial charge in [-0.3, -0.25) is 9.59 Å². The molecule has 0 aliphatic carbocycles. The molecule has 2 atom stereocenters. The van der Waals surface area contributed by atoms with E-state index in [9.17, 15) is 9.59 Å². The molecule has 4 nitrogen and oxygen atoms in total. The van der Waals surface area contributed by atoms with Crippen molar-refractivity contribution >= 4 is 5.91 Å². The van der Waals surface area contributed by atoms with Crippen LogP contribution in [0.4, 0.5) is 0 Å². The number of nitrogens with zero attached hydrogens (tertiary/aromatic N) is 2. The molecule has 4 rings (SSSR count). The molecule has 112 valence electrons. The van der Waals surface area contributed by atoms with Gasteiger partial charge < -0.3 is 9.47 Å². The second-order valence-corrected chi connectivity index (χ2v) is 6.26. The number of rotatable bonds is 2. The highest BCUT2D eigenvalue weighted by Gasteiger charge is 2.40. The standard InChI is InChI=1S/C18H18N2O2/c21-17-8-4-7-16-15-9-14(12-20(16)17)11-19(18(15)22)10-13-5-2-1-3-6-13/h1-8,14-15H,9-12H2/t14-,15-/m0/s1. The minimum Gasteiger partial charge on any atom is -0.337 e. The summed E-state index contributed by atoms with van der Waals surface area (Å²) >= 11 is 0. The van der Waals surface area contributed by atoms with Crippen molar-refractivity contribution in [2.24, 2.45) is 5.92 Å². The number of carbonyl (C=O) groups excluding carboxylic acids is 1. The highest BCUT2D eigenvalue weighted by Crippen LogP contribution is 2.36. The van der Waals surface area contributed by atoms with Crippen LogP contribution in [-0.2, 0) is 17.9 Å². The van der Waals surface area contributed by atoms with Gasteiger partial charge in [-0.15, -0.1) is 0 Å². The van der Waals surface area contributed by atoms with Crippen molar-refractivity contribution in [3.63, 3.8) is 0 Å². The lowest BCUT2D eigenvalue weighted by molar-refractivity contribution is -0.139. The SMILES string of the molecule is O=C1[C@H]2C[C@@H](CN1Cc1ccccc1)Cn1c2cccc1=O. The van der Waals surface area contributed by atoms with E-state index >= 15 is 0 Å².